The van der Waals surface area contributed by atoms with E-state index >= 15 is 0 Å². The summed E-state index contributed by atoms with van der Waals surface area (Å²) in [5.41, 5.74) is -0.201. The summed E-state index contributed by atoms with van der Waals surface area (Å²) in [5, 5.41) is 3.15. The van der Waals surface area contributed by atoms with Crippen LogP contribution in [0.15, 0.2) is 38.4 Å². The van der Waals surface area contributed by atoms with Crippen molar-refractivity contribution >= 4 is 21.7 Å². The summed E-state index contributed by atoms with van der Waals surface area (Å²) in [4.78, 5) is 17.9. The highest BCUT2D eigenvalue weighted by molar-refractivity contribution is 9.10. The van der Waals surface area contributed by atoms with E-state index in [9.17, 15) is 4.79 Å². The zero-order chi connectivity index (χ0) is 12.3. The van der Waals surface area contributed by atoms with E-state index in [4.69, 9.17) is 4.42 Å². The summed E-state index contributed by atoms with van der Waals surface area (Å²) in [6.45, 7) is 2.00. The number of hydrogen-bond donors (Lipinski definition) is 2. The second-order valence-electron chi connectivity index (χ2n) is 3.72. The first-order valence-corrected chi connectivity index (χ1v) is 5.98. The van der Waals surface area contributed by atoms with Gasteiger partial charge in [-0.2, -0.15) is 0 Å². The fourth-order valence-electron chi connectivity index (χ4n) is 1.50. The highest BCUT2D eigenvalue weighted by atomic mass is 79.9. The van der Waals surface area contributed by atoms with Crippen LogP contribution in [0.2, 0.25) is 0 Å². The van der Waals surface area contributed by atoms with Crippen molar-refractivity contribution in [2.24, 2.45) is 0 Å². The molecule has 90 valence electrons. The molecule has 2 N–H and O–H groups in total. The summed E-state index contributed by atoms with van der Waals surface area (Å²) in [6.07, 6.45) is 3.74. The van der Waals surface area contributed by atoms with Gasteiger partial charge < -0.3 is 14.7 Å². The lowest BCUT2D eigenvalue weighted by Gasteiger charge is -2.13. The molecule has 0 spiro atoms. The zero-order valence-electron chi connectivity index (χ0n) is 9.24. The second kappa shape index (κ2) is 5.18. The highest BCUT2D eigenvalue weighted by Gasteiger charge is 2.10. The molecule has 0 saturated heterocycles. The summed E-state index contributed by atoms with van der Waals surface area (Å²) < 4.78 is 5.66. The van der Waals surface area contributed by atoms with Gasteiger partial charge in [-0.3, -0.25) is 4.79 Å². The van der Waals surface area contributed by atoms with Gasteiger partial charge in [-0.15, -0.1) is 0 Å². The summed E-state index contributed by atoms with van der Waals surface area (Å²) in [7, 11) is 0. The van der Waals surface area contributed by atoms with Crippen molar-refractivity contribution in [3.05, 3.63) is 45.3 Å². The predicted octanol–water partition coefficient (Wildman–Crippen LogP) is 2.17. The number of nitrogens with one attached hydrogen (secondary N) is 2. The van der Waals surface area contributed by atoms with Gasteiger partial charge in [0.05, 0.1) is 12.6 Å². The summed E-state index contributed by atoms with van der Waals surface area (Å²) in [6, 6.07) is 3.88. The largest absolute Gasteiger partial charge is 0.469 e. The number of aromatic nitrogens is 2. The zero-order valence-corrected chi connectivity index (χ0v) is 10.8. The maximum Gasteiger partial charge on any atom is 0.267 e. The molecule has 2 aromatic heterocycles. The number of hydrogen-bond acceptors (Lipinski definition) is 4. The number of aromatic amines is 1. The van der Waals surface area contributed by atoms with Crippen LogP contribution in [-0.2, 0) is 6.42 Å². The topological polar surface area (TPSA) is 70.9 Å². The second-order valence-corrected chi connectivity index (χ2v) is 4.52. The van der Waals surface area contributed by atoms with E-state index in [-0.39, 0.29) is 11.6 Å². The van der Waals surface area contributed by atoms with E-state index in [1.165, 1.54) is 6.33 Å². The van der Waals surface area contributed by atoms with Gasteiger partial charge in [0.1, 0.15) is 16.1 Å². The van der Waals surface area contributed by atoms with E-state index in [1.807, 2.05) is 19.1 Å². The molecule has 2 heterocycles. The summed E-state index contributed by atoms with van der Waals surface area (Å²) >= 11 is 3.19. The molecule has 0 radical (unpaired) electrons. The number of anilines is 1. The smallest absolute Gasteiger partial charge is 0.267 e. The van der Waals surface area contributed by atoms with Crippen molar-refractivity contribution < 1.29 is 4.42 Å². The fraction of sp³-hybridized carbons (Fsp3) is 0.273. The maximum atomic E-state index is 11.3. The lowest BCUT2D eigenvalue weighted by Crippen LogP contribution is -2.21. The van der Waals surface area contributed by atoms with Crippen molar-refractivity contribution in [2.45, 2.75) is 19.4 Å². The van der Waals surface area contributed by atoms with E-state index < -0.39 is 0 Å². The molecule has 5 nitrogen and oxygen atoms in total. The van der Waals surface area contributed by atoms with Crippen LogP contribution < -0.4 is 10.9 Å². The van der Waals surface area contributed by atoms with Crippen molar-refractivity contribution in [1.82, 2.24) is 9.97 Å². The number of halogens is 1. The Labute approximate surface area is 106 Å². The van der Waals surface area contributed by atoms with Crippen molar-refractivity contribution in [3.8, 4) is 0 Å². The molecule has 0 saturated carbocycles. The standard InChI is InChI=1S/C11H12BrN3O2/c1-7(5-8-3-2-4-17-8)15-10-9(12)11(16)14-6-13-10/h2-4,6-7H,5H2,1H3,(H2,13,14,15,16). The minimum atomic E-state index is -0.201. The van der Waals surface area contributed by atoms with Crippen LogP contribution in [0.25, 0.3) is 0 Å². The SMILES string of the molecule is CC(Cc1ccco1)Nc1nc[nH]c(=O)c1Br. The molecule has 2 rings (SSSR count). The van der Waals surface area contributed by atoms with Crippen LogP contribution in [0.4, 0.5) is 5.82 Å². The van der Waals surface area contributed by atoms with Crippen LogP contribution >= 0.6 is 15.9 Å². The van der Waals surface area contributed by atoms with Gasteiger partial charge in [0.25, 0.3) is 5.56 Å². The normalized spacial score (nSPS) is 12.4. The van der Waals surface area contributed by atoms with E-state index in [0.717, 1.165) is 12.2 Å². The Hall–Kier alpha value is -1.56. The first-order valence-electron chi connectivity index (χ1n) is 5.19. The molecule has 1 atom stereocenters. The number of H-pyrrole nitrogens is 1. The Morgan fingerprint density at radius 2 is 2.47 bits per heavy atom. The third-order valence-corrected chi connectivity index (χ3v) is 3.00. The molecule has 1 unspecified atom stereocenters. The maximum absolute atomic E-state index is 11.3. The van der Waals surface area contributed by atoms with Crippen LogP contribution in [-0.4, -0.2) is 16.0 Å². The average Bonchev–Trinajstić information content (AvgIpc) is 2.77. The third-order valence-electron chi connectivity index (χ3n) is 2.27. The lowest BCUT2D eigenvalue weighted by atomic mass is 10.2. The van der Waals surface area contributed by atoms with Crippen LogP contribution in [0.5, 0.6) is 0 Å². The van der Waals surface area contributed by atoms with Gasteiger partial charge in [0, 0.05) is 12.5 Å². The predicted molar refractivity (Wildman–Crippen MR) is 68.1 cm³/mol. The van der Waals surface area contributed by atoms with E-state index in [2.05, 4.69) is 31.2 Å². The third kappa shape index (κ3) is 2.97. The van der Waals surface area contributed by atoms with Gasteiger partial charge in [-0.25, -0.2) is 4.98 Å². The van der Waals surface area contributed by atoms with Gasteiger partial charge in [-0.1, -0.05) is 0 Å². The minimum Gasteiger partial charge on any atom is -0.469 e. The molecule has 0 fully saturated rings. The number of rotatable bonds is 4. The highest BCUT2D eigenvalue weighted by Crippen LogP contribution is 2.15. The monoisotopic (exact) mass is 297 g/mol. The first kappa shape index (κ1) is 11.9. The summed E-state index contributed by atoms with van der Waals surface area (Å²) in [5.74, 6) is 1.43. The van der Waals surface area contributed by atoms with E-state index in [1.54, 1.807) is 6.26 Å². The Bertz CT molecular complexity index is 536. The minimum absolute atomic E-state index is 0.117. The first-order chi connectivity index (χ1) is 8.16. The molecule has 17 heavy (non-hydrogen) atoms. The Kier molecular flexibility index (Phi) is 3.63. The molecular weight excluding hydrogens is 286 g/mol. The van der Waals surface area contributed by atoms with Gasteiger partial charge in [0.15, 0.2) is 0 Å². The van der Waals surface area contributed by atoms with Gasteiger partial charge in [-0.05, 0) is 35.0 Å². The number of nitrogens with zero attached hydrogens (tertiary/aromatic N) is 1. The van der Waals surface area contributed by atoms with Gasteiger partial charge >= 0.3 is 0 Å². The van der Waals surface area contributed by atoms with Crippen molar-refractivity contribution in [2.75, 3.05) is 5.32 Å². The Balaban J connectivity index is 2.05. The molecule has 0 amide bonds. The Morgan fingerprint density at radius 1 is 1.65 bits per heavy atom. The fourth-order valence-corrected chi connectivity index (χ4v) is 1.83. The van der Waals surface area contributed by atoms with Crippen LogP contribution in [0.1, 0.15) is 12.7 Å². The van der Waals surface area contributed by atoms with Gasteiger partial charge in [0.2, 0.25) is 0 Å². The quantitative estimate of drug-likeness (QED) is 0.907. The van der Waals surface area contributed by atoms with E-state index in [0.29, 0.717) is 10.3 Å². The number of furan rings is 1. The molecule has 0 bridgehead atoms. The molecule has 0 aliphatic carbocycles. The lowest BCUT2D eigenvalue weighted by molar-refractivity contribution is 0.497. The molecule has 0 aliphatic heterocycles. The van der Waals surface area contributed by atoms with Crippen molar-refractivity contribution in [3.63, 3.8) is 0 Å². The molecular formula is C11H12BrN3O2. The molecule has 0 aliphatic rings. The average molecular weight is 298 g/mol. The van der Waals surface area contributed by atoms with Crippen LogP contribution in [0.3, 0.4) is 0 Å². The van der Waals surface area contributed by atoms with Crippen LogP contribution in [0, 0.1) is 0 Å². The Morgan fingerprint density at radius 3 is 3.18 bits per heavy atom. The van der Waals surface area contributed by atoms with Crippen molar-refractivity contribution in [1.29, 1.82) is 0 Å². The molecule has 6 heteroatoms. The molecule has 0 aromatic carbocycles. The molecule has 2 aromatic rings.